The number of aryl methyl sites for hydroxylation is 3. The lowest BCUT2D eigenvalue weighted by atomic mass is 9.68. The van der Waals surface area contributed by atoms with E-state index >= 15 is 0 Å². The zero-order chi connectivity index (χ0) is 32.5. The predicted molar refractivity (Wildman–Crippen MR) is 168 cm³/mol. The summed E-state index contributed by atoms with van der Waals surface area (Å²) in [5, 5.41) is 21.7. The molecule has 11 nitrogen and oxygen atoms in total. The Balaban J connectivity index is 1.63. The average Bonchev–Trinajstić information content (AvgIpc) is 3.67. The summed E-state index contributed by atoms with van der Waals surface area (Å²) in [6, 6.07) is 13.2. The lowest BCUT2D eigenvalue weighted by molar-refractivity contribution is -0.130. The van der Waals surface area contributed by atoms with E-state index in [0.29, 0.717) is 55.1 Å². The summed E-state index contributed by atoms with van der Waals surface area (Å²) in [7, 11) is 6.92. The Hall–Kier alpha value is -4.56. The van der Waals surface area contributed by atoms with Gasteiger partial charge in [0.05, 0.1) is 12.6 Å². The molecule has 0 spiro atoms. The van der Waals surface area contributed by atoms with Crippen molar-refractivity contribution in [3.8, 4) is 6.07 Å². The average molecular weight is 612 g/mol. The van der Waals surface area contributed by atoms with Crippen LogP contribution in [0.1, 0.15) is 80.9 Å². The first kappa shape index (κ1) is 31.9. The molecule has 2 atom stereocenters. The highest BCUT2D eigenvalue weighted by atomic mass is 16.4. The van der Waals surface area contributed by atoms with Crippen molar-refractivity contribution in [2.75, 3.05) is 41.3 Å². The van der Waals surface area contributed by atoms with Crippen LogP contribution in [0.2, 0.25) is 0 Å². The largest absolute Gasteiger partial charge is 0.424 e. The molecule has 236 valence electrons. The minimum absolute atomic E-state index is 0.0878. The molecule has 0 bridgehead atoms. The highest BCUT2D eigenvalue weighted by molar-refractivity contribution is 5.95. The summed E-state index contributed by atoms with van der Waals surface area (Å²) in [5.74, 6) is 0.538. The SMILES string of the molecule is Cc1nnc(C2(C[C@@H](C)NCC(=O)N3CCCC3C#N)c3ccc(C(=O)N(C)C)cc3CCc3cc(C(=O)N(C)C)ccc32)o1. The summed E-state index contributed by atoms with van der Waals surface area (Å²) in [6.45, 7) is 4.44. The van der Waals surface area contributed by atoms with Gasteiger partial charge in [-0.25, -0.2) is 0 Å². The fourth-order valence-corrected chi connectivity index (χ4v) is 6.73. The first-order chi connectivity index (χ1) is 21.5. The van der Waals surface area contributed by atoms with Gasteiger partial charge in [0.1, 0.15) is 11.5 Å². The number of rotatable bonds is 8. The van der Waals surface area contributed by atoms with Crippen LogP contribution in [0, 0.1) is 18.3 Å². The molecule has 2 aliphatic rings. The van der Waals surface area contributed by atoms with E-state index in [0.717, 1.165) is 28.7 Å². The van der Waals surface area contributed by atoms with Gasteiger partial charge in [-0.3, -0.25) is 14.4 Å². The highest BCUT2D eigenvalue weighted by Crippen LogP contribution is 2.48. The zero-order valence-electron chi connectivity index (χ0n) is 26.9. The summed E-state index contributed by atoms with van der Waals surface area (Å²) in [4.78, 5) is 43.9. The monoisotopic (exact) mass is 611 g/mol. The molecular weight excluding hydrogens is 570 g/mol. The van der Waals surface area contributed by atoms with E-state index in [2.05, 4.69) is 21.6 Å². The van der Waals surface area contributed by atoms with Crippen LogP contribution < -0.4 is 5.32 Å². The molecule has 2 heterocycles. The van der Waals surface area contributed by atoms with Gasteiger partial charge < -0.3 is 24.4 Å². The number of benzene rings is 2. The second kappa shape index (κ2) is 12.8. The maximum atomic E-state index is 13.1. The molecule has 1 fully saturated rings. The van der Waals surface area contributed by atoms with Crippen molar-refractivity contribution < 1.29 is 18.8 Å². The molecule has 11 heteroatoms. The summed E-state index contributed by atoms with van der Waals surface area (Å²) in [5.41, 5.74) is 4.06. The Morgan fingerprint density at radius 3 is 2.09 bits per heavy atom. The normalized spacial score (nSPS) is 17.4. The fraction of sp³-hybridized carbons (Fsp3) is 0.471. The van der Waals surface area contributed by atoms with Crippen LogP contribution in [-0.2, 0) is 23.1 Å². The van der Waals surface area contributed by atoms with E-state index in [1.54, 1.807) is 49.8 Å². The van der Waals surface area contributed by atoms with Crippen LogP contribution in [0.4, 0.5) is 0 Å². The van der Waals surface area contributed by atoms with E-state index < -0.39 is 5.41 Å². The van der Waals surface area contributed by atoms with Crippen LogP contribution in [0.15, 0.2) is 40.8 Å². The maximum Gasteiger partial charge on any atom is 0.253 e. The molecule has 3 amide bonds. The van der Waals surface area contributed by atoms with Crippen molar-refractivity contribution in [2.45, 2.75) is 63.5 Å². The number of fused-ring (bicyclic) bond motifs is 2. The summed E-state index contributed by atoms with van der Waals surface area (Å²) >= 11 is 0. The lowest BCUT2D eigenvalue weighted by Gasteiger charge is -2.36. The fourth-order valence-electron chi connectivity index (χ4n) is 6.73. The Morgan fingerprint density at radius 1 is 1.02 bits per heavy atom. The molecular formula is C34H41N7O4. The van der Waals surface area contributed by atoms with Crippen LogP contribution in [0.25, 0.3) is 0 Å². The Bertz CT molecular complexity index is 1580. The minimum Gasteiger partial charge on any atom is -0.424 e. The van der Waals surface area contributed by atoms with Crippen molar-refractivity contribution in [2.24, 2.45) is 0 Å². The maximum absolute atomic E-state index is 13.1. The van der Waals surface area contributed by atoms with Crippen molar-refractivity contribution in [1.29, 1.82) is 5.26 Å². The number of amides is 3. The Morgan fingerprint density at radius 2 is 1.60 bits per heavy atom. The van der Waals surface area contributed by atoms with Gasteiger partial charge >= 0.3 is 0 Å². The van der Waals surface area contributed by atoms with Crippen LogP contribution in [0.5, 0.6) is 0 Å². The number of nitriles is 1. The smallest absolute Gasteiger partial charge is 0.253 e. The van der Waals surface area contributed by atoms with E-state index in [1.165, 1.54) is 0 Å². The second-order valence-corrected chi connectivity index (χ2v) is 12.5. The third-order valence-corrected chi connectivity index (χ3v) is 8.93. The Kier molecular flexibility index (Phi) is 9.07. The third-order valence-electron chi connectivity index (χ3n) is 8.93. The molecule has 1 saturated heterocycles. The van der Waals surface area contributed by atoms with E-state index in [9.17, 15) is 19.6 Å². The van der Waals surface area contributed by atoms with E-state index in [-0.39, 0.29) is 36.3 Å². The van der Waals surface area contributed by atoms with Gasteiger partial charge in [-0.2, -0.15) is 5.26 Å². The molecule has 1 aromatic heterocycles. The predicted octanol–water partition coefficient (Wildman–Crippen LogP) is 3.10. The molecule has 1 unspecified atom stereocenters. The quantitative estimate of drug-likeness (QED) is 0.411. The topological polar surface area (TPSA) is 136 Å². The van der Waals surface area contributed by atoms with Crippen LogP contribution >= 0.6 is 0 Å². The molecule has 5 rings (SSSR count). The highest BCUT2D eigenvalue weighted by Gasteiger charge is 2.47. The molecule has 1 aliphatic carbocycles. The zero-order valence-corrected chi connectivity index (χ0v) is 26.9. The number of hydrogen-bond acceptors (Lipinski definition) is 8. The van der Waals surface area contributed by atoms with Gasteiger partial charge in [0.2, 0.25) is 17.7 Å². The van der Waals surface area contributed by atoms with Gasteiger partial charge in [0, 0.05) is 58.8 Å². The molecule has 0 radical (unpaired) electrons. The van der Waals surface area contributed by atoms with Gasteiger partial charge in [-0.05, 0) is 85.5 Å². The molecule has 0 saturated carbocycles. The first-order valence-corrected chi connectivity index (χ1v) is 15.4. The molecule has 1 N–H and O–H groups in total. The number of carbonyl (C=O) groups is 3. The van der Waals surface area contributed by atoms with Gasteiger partial charge in [0.15, 0.2) is 0 Å². The van der Waals surface area contributed by atoms with Gasteiger partial charge in [-0.15, -0.1) is 10.2 Å². The third kappa shape index (κ3) is 6.07. The van der Waals surface area contributed by atoms with Crippen LogP contribution in [-0.4, -0.2) is 96.0 Å². The van der Waals surface area contributed by atoms with Crippen LogP contribution in [0.3, 0.4) is 0 Å². The van der Waals surface area contributed by atoms with E-state index in [4.69, 9.17) is 4.42 Å². The van der Waals surface area contributed by atoms with Crippen molar-refractivity contribution in [1.82, 2.24) is 30.2 Å². The van der Waals surface area contributed by atoms with Crippen molar-refractivity contribution >= 4 is 17.7 Å². The van der Waals surface area contributed by atoms with Gasteiger partial charge in [0.25, 0.3) is 11.8 Å². The van der Waals surface area contributed by atoms with Crippen molar-refractivity contribution in [3.63, 3.8) is 0 Å². The number of nitrogens with one attached hydrogen (secondary N) is 1. The van der Waals surface area contributed by atoms with E-state index in [1.807, 2.05) is 43.3 Å². The molecule has 2 aromatic carbocycles. The van der Waals surface area contributed by atoms with Crippen molar-refractivity contribution in [3.05, 3.63) is 81.6 Å². The molecule has 45 heavy (non-hydrogen) atoms. The standard InChI is InChI=1S/C34H41N7O4/c1-21(36-20-30(42)41-15-7-8-27(41)19-35)18-34(33-38-37-22(2)45-33)28-13-11-25(31(43)39(3)4)16-23(28)9-10-24-17-26(12-14-29(24)34)32(44)40(5)6/h11-14,16-17,21,27,36H,7-10,15,18,20H2,1-6H3/t21-,27?/m1/s1. The summed E-state index contributed by atoms with van der Waals surface area (Å²) in [6.07, 6.45) is 3.24. The number of hydrogen-bond donors (Lipinski definition) is 1. The number of carbonyl (C=O) groups excluding carboxylic acids is 3. The Labute approximate surface area is 264 Å². The minimum atomic E-state index is -0.944. The molecule has 1 aliphatic heterocycles. The molecule has 3 aromatic rings. The second-order valence-electron chi connectivity index (χ2n) is 12.5. The number of nitrogens with zero attached hydrogens (tertiary/aromatic N) is 6. The van der Waals surface area contributed by atoms with Gasteiger partial charge in [-0.1, -0.05) is 12.1 Å². The number of likely N-dealkylation sites (tertiary alicyclic amines) is 1. The number of aromatic nitrogens is 2. The lowest BCUT2D eigenvalue weighted by Crippen LogP contribution is -2.45. The first-order valence-electron chi connectivity index (χ1n) is 15.4. The summed E-state index contributed by atoms with van der Waals surface area (Å²) < 4.78 is 6.25.